The number of amides is 2. The molecule has 0 aliphatic carbocycles. The van der Waals surface area contributed by atoms with Gasteiger partial charge in [0.2, 0.25) is 21.8 Å². The monoisotopic (exact) mass is 496 g/mol. The van der Waals surface area contributed by atoms with Gasteiger partial charge in [0.15, 0.2) is 0 Å². The number of nitrogens with one attached hydrogen (secondary N) is 1. The molecule has 1 saturated heterocycles. The van der Waals surface area contributed by atoms with Crippen LogP contribution >= 0.6 is 0 Å². The first-order valence-electron chi connectivity index (χ1n) is 11.1. The number of aromatic hydroxyl groups is 1. The van der Waals surface area contributed by atoms with Crippen LogP contribution in [0.2, 0.25) is 0 Å². The highest BCUT2D eigenvalue weighted by molar-refractivity contribution is 7.89. The molecule has 9 heteroatoms. The summed E-state index contributed by atoms with van der Waals surface area (Å²) >= 11 is 0. The fourth-order valence-corrected chi connectivity index (χ4v) is 5.53. The third-order valence-corrected chi connectivity index (χ3v) is 7.72. The fraction of sp³-hybridized carbons (Fsp3) is 0.231. The third-order valence-electron chi connectivity index (χ3n) is 6.18. The topological polar surface area (TPSA) is 104 Å². The number of benzene rings is 3. The highest BCUT2D eigenvalue weighted by Gasteiger charge is 2.51. The Bertz CT molecular complexity index is 1280. The van der Waals surface area contributed by atoms with Crippen molar-refractivity contribution < 1.29 is 27.5 Å². The minimum atomic E-state index is -4.02. The van der Waals surface area contributed by atoms with Crippen LogP contribution < -0.4 is 4.72 Å². The Balaban J connectivity index is 1.68. The highest BCUT2D eigenvalue weighted by Crippen LogP contribution is 2.42. The van der Waals surface area contributed by atoms with E-state index in [1.54, 1.807) is 12.1 Å². The number of imide groups is 1. The second kappa shape index (κ2) is 9.59. The van der Waals surface area contributed by atoms with Crippen LogP contribution in [0.3, 0.4) is 0 Å². The van der Waals surface area contributed by atoms with Gasteiger partial charge in [-0.25, -0.2) is 12.8 Å². The predicted molar refractivity (Wildman–Crippen MR) is 127 cm³/mol. The van der Waals surface area contributed by atoms with Crippen LogP contribution in [0.5, 0.6) is 5.75 Å². The van der Waals surface area contributed by atoms with E-state index < -0.39 is 45.7 Å². The number of phenolic OH excluding ortho intramolecular Hbond substituents is 1. The first-order chi connectivity index (χ1) is 16.6. The van der Waals surface area contributed by atoms with Crippen molar-refractivity contribution >= 4 is 21.8 Å². The molecule has 0 spiro atoms. The standard InChI is InChI=1S/C26H25FN2O5S/c1-3-17-4-14-22(15-5-17)35(33,34)28-16(2)29-25(31)23(18-6-10-20(27)11-7-18)24(26(29)32)19-8-12-21(30)13-9-19/h4-16,23-24,28,30H,3H2,1-2H3. The molecule has 3 atom stereocenters. The van der Waals surface area contributed by atoms with E-state index in [4.69, 9.17) is 0 Å². The lowest BCUT2D eigenvalue weighted by molar-refractivity contribution is -0.141. The van der Waals surface area contributed by atoms with Crippen molar-refractivity contribution in [2.75, 3.05) is 0 Å². The first-order valence-corrected chi connectivity index (χ1v) is 12.6. The number of nitrogens with zero attached hydrogens (tertiary/aromatic N) is 1. The zero-order valence-electron chi connectivity index (χ0n) is 19.2. The van der Waals surface area contributed by atoms with Crippen molar-refractivity contribution in [3.8, 4) is 5.75 Å². The van der Waals surface area contributed by atoms with Gasteiger partial charge in [0.1, 0.15) is 17.7 Å². The van der Waals surface area contributed by atoms with Crippen molar-refractivity contribution in [1.82, 2.24) is 9.62 Å². The third kappa shape index (κ3) is 4.82. The predicted octanol–water partition coefficient (Wildman–Crippen LogP) is 3.65. The van der Waals surface area contributed by atoms with Crippen LogP contribution in [0, 0.1) is 5.82 Å². The van der Waals surface area contributed by atoms with Crippen LogP contribution in [0.4, 0.5) is 4.39 Å². The van der Waals surface area contributed by atoms with Gasteiger partial charge >= 0.3 is 0 Å². The van der Waals surface area contributed by atoms with Crippen LogP contribution in [0.1, 0.15) is 42.4 Å². The summed E-state index contributed by atoms with van der Waals surface area (Å²) in [5, 5.41) is 9.66. The molecule has 2 N–H and O–H groups in total. The number of hydrogen-bond acceptors (Lipinski definition) is 5. The van der Waals surface area contributed by atoms with Crippen LogP contribution in [-0.4, -0.2) is 36.4 Å². The first kappa shape index (κ1) is 24.6. The number of phenols is 1. The summed E-state index contributed by atoms with van der Waals surface area (Å²) in [5.74, 6) is -3.63. The summed E-state index contributed by atoms with van der Waals surface area (Å²) in [6.07, 6.45) is -0.416. The lowest BCUT2D eigenvalue weighted by atomic mass is 9.83. The second-order valence-electron chi connectivity index (χ2n) is 8.44. The van der Waals surface area contributed by atoms with E-state index in [9.17, 15) is 27.5 Å². The number of rotatable bonds is 7. The van der Waals surface area contributed by atoms with Crippen molar-refractivity contribution in [2.24, 2.45) is 0 Å². The van der Waals surface area contributed by atoms with Crippen LogP contribution in [0.25, 0.3) is 0 Å². The van der Waals surface area contributed by atoms with Gasteiger partial charge in [-0.3, -0.25) is 14.5 Å². The molecule has 1 aliphatic rings. The van der Waals surface area contributed by atoms with Crippen LogP contribution in [0.15, 0.2) is 77.7 Å². The molecule has 0 saturated carbocycles. The maximum absolute atomic E-state index is 13.5. The number of likely N-dealkylation sites (tertiary alicyclic amines) is 1. The molecule has 182 valence electrons. The summed E-state index contributed by atoms with van der Waals surface area (Å²) in [5.41, 5.74) is 1.87. The fourth-order valence-electron chi connectivity index (χ4n) is 4.35. The number of aryl methyl sites for hydroxylation is 1. The molecular formula is C26H25FN2O5S. The number of carbonyl (C=O) groups excluding carboxylic acids is 2. The minimum Gasteiger partial charge on any atom is -0.508 e. The average molecular weight is 497 g/mol. The molecule has 35 heavy (non-hydrogen) atoms. The zero-order valence-corrected chi connectivity index (χ0v) is 20.0. The van der Waals surface area contributed by atoms with E-state index in [1.807, 2.05) is 6.92 Å². The Labute approximate surface area is 203 Å². The van der Waals surface area contributed by atoms with E-state index in [0.29, 0.717) is 11.1 Å². The van der Waals surface area contributed by atoms with Gasteiger partial charge in [-0.2, -0.15) is 4.72 Å². The van der Waals surface area contributed by atoms with E-state index in [2.05, 4.69) is 4.72 Å². The molecule has 3 aromatic carbocycles. The van der Waals surface area contributed by atoms with Crippen molar-refractivity contribution in [1.29, 1.82) is 0 Å². The van der Waals surface area contributed by atoms with E-state index in [1.165, 1.54) is 67.6 Å². The van der Waals surface area contributed by atoms with Gasteiger partial charge in [-0.1, -0.05) is 43.3 Å². The van der Waals surface area contributed by atoms with E-state index in [-0.39, 0.29) is 10.6 Å². The van der Waals surface area contributed by atoms with Gasteiger partial charge in [-0.15, -0.1) is 0 Å². The van der Waals surface area contributed by atoms with Gasteiger partial charge in [0.05, 0.1) is 16.7 Å². The number of halogens is 1. The minimum absolute atomic E-state index is 0.00377. The quantitative estimate of drug-likeness (QED) is 0.486. The van der Waals surface area contributed by atoms with E-state index >= 15 is 0 Å². The SMILES string of the molecule is CCc1ccc(S(=O)(=O)NC(C)N2C(=O)C(c3ccc(O)cc3)C(c3ccc(F)cc3)C2=O)cc1. The molecule has 0 radical (unpaired) electrons. The largest absolute Gasteiger partial charge is 0.508 e. The Morgan fingerprint density at radius 2 is 1.37 bits per heavy atom. The highest BCUT2D eigenvalue weighted by atomic mass is 32.2. The van der Waals surface area contributed by atoms with Crippen molar-refractivity contribution in [3.63, 3.8) is 0 Å². The average Bonchev–Trinajstić information content (AvgIpc) is 3.10. The van der Waals surface area contributed by atoms with Crippen molar-refractivity contribution in [3.05, 3.63) is 95.3 Å². The zero-order chi connectivity index (χ0) is 25.3. The summed E-state index contributed by atoms with van der Waals surface area (Å²) in [7, 11) is -4.02. The normalized spacial score (nSPS) is 19.2. The molecule has 2 amide bonds. The molecule has 1 fully saturated rings. The van der Waals surface area contributed by atoms with Crippen LogP contribution in [-0.2, 0) is 26.0 Å². The Morgan fingerprint density at radius 3 is 1.86 bits per heavy atom. The maximum atomic E-state index is 13.5. The Hall–Kier alpha value is -3.56. The summed E-state index contributed by atoms with van der Waals surface area (Å²) in [6.45, 7) is 3.38. The second-order valence-corrected chi connectivity index (χ2v) is 10.2. The molecule has 4 rings (SSSR count). The molecule has 0 aromatic heterocycles. The lowest BCUT2D eigenvalue weighted by Gasteiger charge is -2.24. The number of carbonyl (C=O) groups is 2. The van der Waals surface area contributed by atoms with Gasteiger partial charge < -0.3 is 5.11 Å². The van der Waals surface area contributed by atoms with Crippen molar-refractivity contribution in [2.45, 2.75) is 43.2 Å². The van der Waals surface area contributed by atoms with E-state index in [0.717, 1.165) is 16.9 Å². The molecule has 3 unspecified atom stereocenters. The Kier molecular flexibility index (Phi) is 6.73. The Morgan fingerprint density at radius 1 is 0.886 bits per heavy atom. The summed E-state index contributed by atoms with van der Waals surface area (Å²) < 4.78 is 41.9. The molecule has 7 nitrogen and oxygen atoms in total. The summed E-state index contributed by atoms with van der Waals surface area (Å²) in [6, 6.07) is 17.5. The molecule has 1 aliphatic heterocycles. The van der Waals surface area contributed by atoms with Gasteiger partial charge in [0.25, 0.3) is 0 Å². The molecule has 0 bridgehead atoms. The van der Waals surface area contributed by atoms with Gasteiger partial charge in [0, 0.05) is 0 Å². The number of sulfonamides is 1. The number of hydrogen-bond donors (Lipinski definition) is 2. The molecule has 1 heterocycles. The van der Waals surface area contributed by atoms with Gasteiger partial charge in [-0.05, 0) is 66.4 Å². The lowest BCUT2D eigenvalue weighted by Crippen LogP contribution is -2.49. The molecular weight excluding hydrogens is 471 g/mol. The molecule has 3 aromatic rings. The smallest absolute Gasteiger partial charge is 0.242 e. The maximum Gasteiger partial charge on any atom is 0.242 e. The summed E-state index contributed by atoms with van der Waals surface area (Å²) in [4.78, 5) is 28.0.